The van der Waals surface area contributed by atoms with Crippen molar-refractivity contribution in [3.05, 3.63) is 336 Å². The largest absolute Gasteiger partial charge is 0.456 e. The molecule has 0 aliphatic heterocycles. The van der Waals surface area contributed by atoms with Crippen LogP contribution in [-0.4, -0.2) is 0 Å². The maximum absolute atomic E-state index is 6.46. The van der Waals surface area contributed by atoms with Gasteiger partial charge in [0.25, 0.3) is 0 Å². The van der Waals surface area contributed by atoms with Gasteiger partial charge < -0.3 is 14.2 Å². The molecule has 0 unspecified atom stereocenters. The van der Waals surface area contributed by atoms with Crippen molar-refractivity contribution in [2.75, 3.05) is 9.80 Å². The molecule has 0 bridgehead atoms. The molecular formula is C75H52N2O. The molecule has 0 N–H and O–H groups in total. The fourth-order valence-electron chi connectivity index (χ4n) is 13.3. The van der Waals surface area contributed by atoms with Gasteiger partial charge >= 0.3 is 0 Å². The summed E-state index contributed by atoms with van der Waals surface area (Å²) < 4.78 is 6.46. The predicted molar refractivity (Wildman–Crippen MR) is 323 cm³/mol. The third-order valence-electron chi connectivity index (χ3n) is 16.8. The molecule has 3 heteroatoms. The van der Waals surface area contributed by atoms with Crippen molar-refractivity contribution in [1.29, 1.82) is 0 Å². The van der Waals surface area contributed by atoms with Gasteiger partial charge in [0.05, 0.1) is 11.1 Å². The highest BCUT2D eigenvalue weighted by Gasteiger charge is 2.46. The Kier molecular flexibility index (Phi) is 10.6. The second kappa shape index (κ2) is 18.1. The summed E-state index contributed by atoms with van der Waals surface area (Å²) in [7, 11) is 0. The standard InChI is InChI=1S/C75H52N2O/c1-74(67-38-16-11-34-61(67)62-35-12-17-39-68(62)74)54-29-21-30-55(47-54)76(58-44-46-73-66(49-58)65-37-15-20-42-72(65)78-73)56-31-22-32-57(48-56)77(71-41-19-14-33-60(71)51-23-5-2-6-24-51)59-43-45-64-63-36-13-18-40-69(63)75(70(64)50-59,52-25-7-3-8-26-52)53-27-9-4-10-28-53/h2-50H,1H3. The number of hydrogen-bond acceptors (Lipinski definition) is 3. The average molecular weight is 997 g/mol. The first-order chi connectivity index (χ1) is 38.6. The van der Waals surface area contributed by atoms with E-state index >= 15 is 0 Å². The van der Waals surface area contributed by atoms with Gasteiger partial charge in [-0.05, 0) is 146 Å². The van der Waals surface area contributed by atoms with Crippen LogP contribution >= 0.6 is 0 Å². The topological polar surface area (TPSA) is 19.6 Å². The minimum Gasteiger partial charge on any atom is -0.456 e. The van der Waals surface area contributed by atoms with Crippen molar-refractivity contribution in [2.24, 2.45) is 0 Å². The molecular weight excluding hydrogens is 945 g/mol. The van der Waals surface area contributed by atoms with Gasteiger partial charge in [-0.1, -0.05) is 224 Å². The van der Waals surface area contributed by atoms with Crippen LogP contribution in [0.4, 0.5) is 34.1 Å². The summed E-state index contributed by atoms with van der Waals surface area (Å²) >= 11 is 0. The predicted octanol–water partition coefficient (Wildman–Crippen LogP) is 19.9. The van der Waals surface area contributed by atoms with Crippen LogP contribution in [0.2, 0.25) is 0 Å². The molecule has 0 spiro atoms. The van der Waals surface area contributed by atoms with E-state index in [4.69, 9.17) is 4.42 Å². The molecule has 15 rings (SSSR count). The lowest BCUT2D eigenvalue weighted by Crippen LogP contribution is -2.28. The second-order valence-corrected chi connectivity index (χ2v) is 20.9. The van der Waals surface area contributed by atoms with Gasteiger partial charge in [0.1, 0.15) is 11.2 Å². The van der Waals surface area contributed by atoms with Crippen molar-refractivity contribution in [1.82, 2.24) is 0 Å². The smallest absolute Gasteiger partial charge is 0.135 e. The summed E-state index contributed by atoms with van der Waals surface area (Å²) in [5, 5.41) is 2.16. The number of hydrogen-bond donors (Lipinski definition) is 0. The average Bonchev–Trinajstić information content (AvgIpc) is 4.30. The van der Waals surface area contributed by atoms with Crippen LogP contribution in [-0.2, 0) is 10.8 Å². The summed E-state index contributed by atoms with van der Waals surface area (Å²) in [6, 6.07) is 109. The Morgan fingerprint density at radius 2 is 0.744 bits per heavy atom. The Morgan fingerprint density at radius 1 is 0.282 bits per heavy atom. The van der Waals surface area contributed by atoms with E-state index in [0.29, 0.717) is 0 Å². The maximum atomic E-state index is 6.46. The number of fused-ring (bicyclic) bond motifs is 9. The molecule has 0 amide bonds. The highest BCUT2D eigenvalue weighted by molar-refractivity contribution is 6.07. The van der Waals surface area contributed by atoms with Crippen molar-refractivity contribution < 1.29 is 4.42 Å². The van der Waals surface area contributed by atoms with Crippen molar-refractivity contribution in [3.63, 3.8) is 0 Å². The van der Waals surface area contributed by atoms with Gasteiger partial charge in [-0.2, -0.15) is 0 Å². The zero-order chi connectivity index (χ0) is 51.8. The number of rotatable bonds is 10. The Bertz CT molecular complexity index is 4340. The third kappa shape index (κ3) is 6.91. The molecule has 0 atom stereocenters. The lowest BCUT2D eigenvalue weighted by molar-refractivity contribution is 0.669. The van der Waals surface area contributed by atoms with Crippen LogP contribution in [0, 0.1) is 0 Å². The third-order valence-corrected chi connectivity index (χ3v) is 16.8. The fourth-order valence-corrected chi connectivity index (χ4v) is 13.3. The Labute approximate surface area is 455 Å². The van der Waals surface area contributed by atoms with Gasteiger partial charge in [-0.15, -0.1) is 0 Å². The monoisotopic (exact) mass is 996 g/mol. The van der Waals surface area contributed by atoms with Crippen LogP contribution in [0.3, 0.4) is 0 Å². The molecule has 1 heterocycles. The van der Waals surface area contributed by atoms with E-state index in [2.05, 4.69) is 308 Å². The molecule has 2 aliphatic rings. The van der Waals surface area contributed by atoms with Crippen LogP contribution in [0.5, 0.6) is 0 Å². The minimum absolute atomic E-state index is 0.388. The molecule has 78 heavy (non-hydrogen) atoms. The molecule has 0 saturated heterocycles. The number of nitrogens with zero attached hydrogens (tertiary/aromatic N) is 2. The summed E-state index contributed by atoms with van der Waals surface area (Å²) in [6.07, 6.45) is 0. The minimum atomic E-state index is -0.578. The molecule has 2 aliphatic carbocycles. The van der Waals surface area contributed by atoms with Gasteiger partial charge in [0.2, 0.25) is 0 Å². The highest BCUT2D eigenvalue weighted by atomic mass is 16.3. The van der Waals surface area contributed by atoms with Crippen LogP contribution in [0.15, 0.2) is 302 Å². The molecule has 0 saturated carbocycles. The van der Waals surface area contributed by atoms with E-state index < -0.39 is 5.41 Å². The lowest BCUT2D eigenvalue weighted by Gasteiger charge is -2.35. The molecule has 1 aromatic heterocycles. The number of anilines is 6. The van der Waals surface area contributed by atoms with Crippen molar-refractivity contribution in [3.8, 4) is 33.4 Å². The van der Waals surface area contributed by atoms with Crippen molar-refractivity contribution >= 4 is 56.1 Å². The van der Waals surface area contributed by atoms with E-state index in [-0.39, 0.29) is 5.41 Å². The number of furan rings is 1. The van der Waals surface area contributed by atoms with E-state index in [1.165, 1.54) is 61.2 Å². The molecule has 0 radical (unpaired) electrons. The van der Waals surface area contributed by atoms with Gasteiger partial charge in [-0.3, -0.25) is 0 Å². The highest BCUT2D eigenvalue weighted by Crippen LogP contribution is 2.58. The summed E-state index contributed by atoms with van der Waals surface area (Å²) in [4.78, 5) is 4.91. The van der Waals surface area contributed by atoms with Crippen LogP contribution < -0.4 is 9.80 Å². The summed E-state index contributed by atoms with van der Waals surface area (Å²) in [6.45, 7) is 2.40. The molecule has 13 aromatic rings. The first kappa shape index (κ1) is 45.4. The van der Waals surface area contributed by atoms with E-state index in [0.717, 1.165) is 67.2 Å². The maximum Gasteiger partial charge on any atom is 0.135 e. The van der Waals surface area contributed by atoms with Crippen molar-refractivity contribution in [2.45, 2.75) is 17.8 Å². The molecule has 12 aromatic carbocycles. The molecule has 3 nitrogen and oxygen atoms in total. The van der Waals surface area contributed by atoms with E-state index in [1.54, 1.807) is 0 Å². The number of para-hydroxylation sites is 2. The zero-order valence-corrected chi connectivity index (χ0v) is 43.1. The van der Waals surface area contributed by atoms with E-state index in [1.807, 2.05) is 6.07 Å². The van der Waals surface area contributed by atoms with Gasteiger partial charge in [-0.25, -0.2) is 0 Å². The lowest BCUT2D eigenvalue weighted by atomic mass is 9.67. The Hall–Kier alpha value is -9.96. The normalized spacial score (nSPS) is 13.4. The quantitative estimate of drug-likeness (QED) is 0.136. The second-order valence-electron chi connectivity index (χ2n) is 20.9. The summed E-state index contributed by atoms with van der Waals surface area (Å²) in [5.74, 6) is 0. The fraction of sp³-hybridized carbons (Fsp3) is 0.0400. The Balaban J connectivity index is 0.966. The van der Waals surface area contributed by atoms with E-state index in [9.17, 15) is 0 Å². The SMILES string of the molecule is CC1(c2cccc(N(c3cccc(N(c4ccc5c(c4)C(c4ccccc4)(c4ccccc4)c4ccccc4-5)c4ccccc4-c4ccccc4)c3)c3ccc4oc5ccccc5c4c3)c2)c2ccccc2-c2ccccc21. The van der Waals surface area contributed by atoms with Gasteiger partial charge in [0.15, 0.2) is 0 Å². The molecule has 0 fully saturated rings. The first-order valence-electron chi connectivity index (χ1n) is 27.0. The summed E-state index contributed by atoms with van der Waals surface area (Å²) in [5.41, 5.74) is 23.3. The van der Waals surface area contributed by atoms with Gasteiger partial charge in [0, 0.05) is 50.2 Å². The molecule has 368 valence electrons. The number of benzene rings is 12. The zero-order valence-electron chi connectivity index (χ0n) is 43.1. The first-order valence-corrected chi connectivity index (χ1v) is 27.0. The Morgan fingerprint density at radius 3 is 1.44 bits per heavy atom. The van der Waals surface area contributed by atoms with Crippen LogP contribution in [0.25, 0.3) is 55.3 Å². The van der Waals surface area contributed by atoms with Crippen LogP contribution in [0.1, 0.15) is 45.9 Å².